The monoisotopic (exact) mass is 568 g/mol. The van der Waals surface area contributed by atoms with Gasteiger partial charge in [-0.25, -0.2) is 0 Å². The highest BCUT2D eigenvalue weighted by atomic mass is 16.1. The van der Waals surface area contributed by atoms with Crippen molar-refractivity contribution in [2.75, 3.05) is 13.1 Å². The SMILES string of the molecule is NC(=O)c1ccc(C=c2[nH]c(=O)c(=Cc3ccccc3)[nH]c2=O)cc1-c1ccc(CCN2CCc3ccccc3C2)cc1. The van der Waals surface area contributed by atoms with Crippen molar-refractivity contribution in [2.45, 2.75) is 19.4 Å². The van der Waals surface area contributed by atoms with E-state index in [0.29, 0.717) is 16.7 Å². The Morgan fingerprint density at radius 2 is 1.42 bits per heavy atom. The average molecular weight is 569 g/mol. The fourth-order valence-corrected chi connectivity index (χ4v) is 5.57. The largest absolute Gasteiger partial charge is 0.366 e. The first-order chi connectivity index (χ1) is 20.9. The molecule has 0 saturated heterocycles. The number of carbonyl (C=O) groups excluding carboxylic acids is 1. The van der Waals surface area contributed by atoms with Gasteiger partial charge in [-0.2, -0.15) is 0 Å². The number of fused-ring (bicyclic) bond motifs is 1. The lowest BCUT2D eigenvalue weighted by molar-refractivity contribution is 0.100. The molecule has 0 atom stereocenters. The fraction of sp³-hybridized carbons (Fsp3) is 0.139. The lowest BCUT2D eigenvalue weighted by Gasteiger charge is -2.28. The van der Waals surface area contributed by atoms with Crippen LogP contribution in [-0.4, -0.2) is 33.9 Å². The minimum Gasteiger partial charge on any atom is -0.366 e. The van der Waals surface area contributed by atoms with Crippen molar-refractivity contribution < 1.29 is 4.79 Å². The standard InChI is InChI=1S/C36H32N4O3/c37-34(41)30-15-12-26(22-33-36(43)38-32(35(42)39-33)21-25-6-2-1-3-7-25)20-31(30)28-13-10-24(11-14-28)16-18-40-19-17-27-8-4-5-9-29(27)23-40/h1-15,20-22H,16-19,23H2,(H2,37,41)(H,38,43)(H,39,42). The van der Waals surface area contributed by atoms with E-state index in [2.05, 4.69) is 51.3 Å². The van der Waals surface area contributed by atoms with E-state index in [1.807, 2.05) is 48.5 Å². The van der Waals surface area contributed by atoms with Gasteiger partial charge in [0.25, 0.3) is 11.1 Å². The number of benzene rings is 4. The summed E-state index contributed by atoms with van der Waals surface area (Å²) in [6.45, 7) is 3.00. The predicted octanol–water partition coefficient (Wildman–Crippen LogP) is 3.09. The molecule has 1 amide bonds. The van der Waals surface area contributed by atoms with Gasteiger partial charge in [0, 0.05) is 25.2 Å². The Labute approximate surface area is 248 Å². The third kappa shape index (κ3) is 6.47. The number of nitrogens with one attached hydrogen (secondary N) is 2. The molecule has 0 aliphatic carbocycles. The highest BCUT2D eigenvalue weighted by Gasteiger charge is 2.16. The van der Waals surface area contributed by atoms with Gasteiger partial charge in [-0.3, -0.25) is 19.3 Å². The molecule has 7 heteroatoms. The zero-order chi connectivity index (χ0) is 29.8. The lowest BCUT2D eigenvalue weighted by atomic mass is 9.95. The van der Waals surface area contributed by atoms with Crippen molar-refractivity contribution in [2.24, 2.45) is 5.73 Å². The topological polar surface area (TPSA) is 112 Å². The second-order valence-electron chi connectivity index (χ2n) is 10.8. The zero-order valence-corrected chi connectivity index (χ0v) is 23.7. The van der Waals surface area contributed by atoms with E-state index in [1.165, 1.54) is 16.7 Å². The highest BCUT2D eigenvalue weighted by Crippen LogP contribution is 2.26. The molecule has 0 bridgehead atoms. The third-order valence-electron chi connectivity index (χ3n) is 7.91. The van der Waals surface area contributed by atoms with Gasteiger partial charge in [0.05, 0.1) is 0 Å². The van der Waals surface area contributed by atoms with E-state index in [-0.39, 0.29) is 10.7 Å². The number of primary amides is 1. The molecule has 43 heavy (non-hydrogen) atoms. The van der Waals surface area contributed by atoms with Gasteiger partial charge in [0.2, 0.25) is 5.91 Å². The maximum Gasteiger partial charge on any atom is 0.272 e. The van der Waals surface area contributed by atoms with Crippen molar-refractivity contribution in [3.8, 4) is 11.1 Å². The van der Waals surface area contributed by atoms with Crippen LogP contribution in [0.3, 0.4) is 0 Å². The van der Waals surface area contributed by atoms with Gasteiger partial charge in [-0.05, 0) is 76.1 Å². The second kappa shape index (κ2) is 12.3. The van der Waals surface area contributed by atoms with Crippen molar-refractivity contribution in [1.29, 1.82) is 0 Å². The summed E-state index contributed by atoms with van der Waals surface area (Å²) in [7, 11) is 0. The van der Waals surface area contributed by atoms with Crippen molar-refractivity contribution in [1.82, 2.24) is 14.9 Å². The van der Waals surface area contributed by atoms with Crippen LogP contribution in [0, 0.1) is 0 Å². The van der Waals surface area contributed by atoms with E-state index in [9.17, 15) is 14.4 Å². The van der Waals surface area contributed by atoms with Crippen molar-refractivity contribution >= 4 is 18.1 Å². The number of amides is 1. The number of nitrogens with zero attached hydrogens (tertiary/aromatic N) is 1. The normalized spacial score (nSPS) is 14.0. The van der Waals surface area contributed by atoms with Crippen LogP contribution in [0.2, 0.25) is 0 Å². The Kier molecular flexibility index (Phi) is 7.98. The number of rotatable bonds is 7. The first-order valence-electron chi connectivity index (χ1n) is 14.4. The molecule has 0 fully saturated rings. The molecule has 0 saturated carbocycles. The van der Waals surface area contributed by atoms with Crippen molar-refractivity contribution in [3.05, 3.63) is 162 Å². The molecular weight excluding hydrogens is 536 g/mol. The highest BCUT2D eigenvalue weighted by molar-refractivity contribution is 6.00. The van der Waals surface area contributed by atoms with Gasteiger partial charge >= 0.3 is 0 Å². The Balaban J connectivity index is 1.24. The molecule has 7 nitrogen and oxygen atoms in total. The van der Waals surface area contributed by atoms with Crippen LogP contribution in [0.1, 0.15) is 38.2 Å². The summed E-state index contributed by atoms with van der Waals surface area (Å²) < 4.78 is 0. The van der Waals surface area contributed by atoms with E-state index < -0.39 is 17.0 Å². The van der Waals surface area contributed by atoms with Crippen molar-refractivity contribution in [3.63, 3.8) is 0 Å². The van der Waals surface area contributed by atoms with Gasteiger partial charge in [-0.15, -0.1) is 0 Å². The van der Waals surface area contributed by atoms with Crippen LogP contribution in [-0.2, 0) is 19.4 Å². The second-order valence-corrected chi connectivity index (χ2v) is 10.8. The Morgan fingerprint density at radius 1 is 0.767 bits per heavy atom. The minimum absolute atomic E-state index is 0.115. The number of H-pyrrole nitrogens is 2. The number of hydrogen-bond donors (Lipinski definition) is 3. The molecule has 6 rings (SSSR count). The Morgan fingerprint density at radius 3 is 2.12 bits per heavy atom. The van der Waals surface area contributed by atoms with Crippen LogP contribution in [0.25, 0.3) is 23.3 Å². The summed E-state index contributed by atoms with van der Waals surface area (Å²) in [4.78, 5) is 45.7. The lowest BCUT2D eigenvalue weighted by Crippen LogP contribution is -2.46. The van der Waals surface area contributed by atoms with Crippen LogP contribution in [0.4, 0.5) is 0 Å². The molecule has 4 N–H and O–H groups in total. The van der Waals surface area contributed by atoms with Gasteiger partial charge in [0.15, 0.2) is 0 Å². The number of hydrogen-bond acceptors (Lipinski definition) is 4. The predicted molar refractivity (Wildman–Crippen MR) is 170 cm³/mol. The van der Waals surface area contributed by atoms with Crippen LogP contribution in [0.5, 0.6) is 0 Å². The van der Waals surface area contributed by atoms with Gasteiger partial charge in [-0.1, -0.05) is 84.9 Å². The summed E-state index contributed by atoms with van der Waals surface area (Å²) in [5.74, 6) is -0.539. The number of aromatic amines is 2. The molecule has 0 spiro atoms. The zero-order valence-electron chi connectivity index (χ0n) is 23.7. The van der Waals surface area contributed by atoms with Crippen LogP contribution >= 0.6 is 0 Å². The molecule has 214 valence electrons. The van der Waals surface area contributed by atoms with Crippen LogP contribution < -0.4 is 27.6 Å². The number of nitrogens with two attached hydrogens (primary N) is 1. The van der Waals surface area contributed by atoms with Gasteiger partial charge in [0.1, 0.15) is 10.7 Å². The molecule has 1 aliphatic heterocycles. The quantitative estimate of drug-likeness (QED) is 0.280. The molecular formula is C36H32N4O3. The first-order valence-corrected chi connectivity index (χ1v) is 14.4. The Bertz CT molecular complexity index is 2030. The first kappa shape index (κ1) is 27.9. The third-order valence-corrected chi connectivity index (χ3v) is 7.91. The molecule has 0 unspecified atom stereocenters. The maximum absolute atomic E-state index is 12.8. The minimum atomic E-state index is -0.539. The summed E-state index contributed by atoms with van der Waals surface area (Å²) in [5, 5.41) is 0.284. The molecule has 0 radical (unpaired) electrons. The maximum atomic E-state index is 12.8. The number of aromatic nitrogens is 2. The summed E-state index contributed by atoms with van der Waals surface area (Å²) >= 11 is 0. The summed E-state index contributed by atoms with van der Waals surface area (Å²) in [6.07, 6.45) is 5.21. The molecule has 1 aromatic heterocycles. The van der Waals surface area contributed by atoms with Gasteiger partial charge < -0.3 is 15.7 Å². The fourth-order valence-electron chi connectivity index (χ4n) is 5.57. The van der Waals surface area contributed by atoms with Crippen LogP contribution in [0.15, 0.2) is 107 Å². The van der Waals surface area contributed by atoms with E-state index in [0.717, 1.165) is 43.6 Å². The summed E-state index contributed by atoms with van der Waals surface area (Å²) in [5.41, 5.74) is 12.3. The van der Waals surface area contributed by atoms with E-state index in [1.54, 1.807) is 24.3 Å². The molecule has 5 aromatic rings. The average Bonchev–Trinajstić information content (AvgIpc) is 3.03. The van der Waals surface area contributed by atoms with E-state index >= 15 is 0 Å². The summed E-state index contributed by atoms with van der Waals surface area (Å²) in [6, 6.07) is 31.2. The van der Waals surface area contributed by atoms with E-state index in [4.69, 9.17) is 5.73 Å². The molecule has 2 heterocycles. The molecule has 4 aromatic carbocycles. The molecule has 1 aliphatic rings. The number of carbonyl (C=O) groups is 1. The Hall–Kier alpha value is -5.27. The smallest absolute Gasteiger partial charge is 0.272 e.